The Kier molecular flexibility index (Phi) is 51.5. The third kappa shape index (κ3) is 58.9. The number of carbonyl (C=O) groups is 1. The van der Waals surface area contributed by atoms with Crippen LogP contribution in [0.5, 0.6) is 0 Å². The summed E-state index contributed by atoms with van der Waals surface area (Å²) in [6, 6.07) is 0. The second-order valence-corrected chi connectivity index (χ2v) is 20.7. The lowest BCUT2D eigenvalue weighted by Gasteiger charge is -2.24. The van der Waals surface area contributed by atoms with Gasteiger partial charge in [-0.2, -0.15) is 0 Å². The van der Waals surface area contributed by atoms with E-state index in [4.69, 9.17) is 18.5 Å². The molecule has 412 valence electrons. The summed E-state index contributed by atoms with van der Waals surface area (Å²) < 4.78 is 35.2. The number of unbranched alkanes of at least 4 members (excludes halogenated alkanes) is 10. The van der Waals surface area contributed by atoms with Crippen LogP contribution in [-0.4, -0.2) is 75.6 Å². The number of likely N-dealkylation sites (N-methyl/N-ethyl adjacent to an activating group) is 1. The van der Waals surface area contributed by atoms with Crippen LogP contribution in [0.15, 0.2) is 158 Å². The quantitative estimate of drug-likeness (QED) is 0.0213. The van der Waals surface area contributed by atoms with E-state index in [9.17, 15) is 14.3 Å². The van der Waals surface area contributed by atoms with Crippen LogP contribution in [0.2, 0.25) is 0 Å². The molecular formula is C64H105NO7P+. The zero-order valence-electron chi connectivity index (χ0n) is 46.8. The van der Waals surface area contributed by atoms with Gasteiger partial charge in [0.25, 0.3) is 0 Å². The van der Waals surface area contributed by atoms with Gasteiger partial charge in [0.15, 0.2) is 0 Å². The van der Waals surface area contributed by atoms with E-state index in [1.807, 2.05) is 21.1 Å². The van der Waals surface area contributed by atoms with E-state index >= 15 is 0 Å². The van der Waals surface area contributed by atoms with Gasteiger partial charge in [-0.25, -0.2) is 4.57 Å². The van der Waals surface area contributed by atoms with Gasteiger partial charge in [0.2, 0.25) is 0 Å². The normalized spacial score (nSPS) is 14.7. The summed E-state index contributed by atoms with van der Waals surface area (Å²) in [6.07, 6.45) is 83.0. The fourth-order valence-electron chi connectivity index (χ4n) is 6.83. The van der Waals surface area contributed by atoms with Gasteiger partial charge >= 0.3 is 13.8 Å². The molecule has 0 amide bonds. The smallest absolute Gasteiger partial charge is 0.457 e. The van der Waals surface area contributed by atoms with Crippen molar-refractivity contribution in [3.05, 3.63) is 158 Å². The fraction of sp³-hybridized carbons (Fsp3) is 0.578. The molecule has 2 unspecified atom stereocenters. The first-order valence-corrected chi connectivity index (χ1v) is 29.7. The number of rotatable bonds is 50. The zero-order chi connectivity index (χ0) is 53.3. The number of quaternary nitrogens is 1. The Hall–Kier alpha value is -3.88. The monoisotopic (exact) mass is 1030 g/mol. The molecule has 0 aromatic heterocycles. The summed E-state index contributed by atoms with van der Waals surface area (Å²) in [5.74, 6) is -0.357. The summed E-state index contributed by atoms with van der Waals surface area (Å²) in [4.78, 5) is 23.1. The number of phosphoric acid groups is 1. The van der Waals surface area contributed by atoms with Crippen LogP contribution < -0.4 is 0 Å². The van der Waals surface area contributed by atoms with Crippen LogP contribution in [0.25, 0.3) is 0 Å². The van der Waals surface area contributed by atoms with Crippen molar-refractivity contribution in [1.82, 2.24) is 0 Å². The predicted octanol–water partition coefficient (Wildman–Crippen LogP) is 18.2. The highest BCUT2D eigenvalue weighted by atomic mass is 31.2. The fourth-order valence-corrected chi connectivity index (χ4v) is 7.57. The Labute approximate surface area is 448 Å². The molecule has 0 aliphatic carbocycles. The van der Waals surface area contributed by atoms with Crippen molar-refractivity contribution < 1.29 is 37.3 Å². The summed E-state index contributed by atoms with van der Waals surface area (Å²) in [7, 11) is 1.61. The molecule has 73 heavy (non-hydrogen) atoms. The topological polar surface area (TPSA) is 91.3 Å². The average Bonchev–Trinajstić information content (AvgIpc) is 3.35. The van der Waals surface area contributed by atoms with Crippen molar-refractivity contribution in [2.24, 2.45) is 0 Å². The van der Waals surface area contributed by atoms with Crippen LogP contribution in [-0.2, 0) is 27.9 Å². The van der Waals surface area contributed by atoms with Crippen molar-refractivity contribution in [2.45, 2.75) is 187 Å². The lowest BCUT2D eigenvalue weighted by Crippen LogP contribution is -2.37. The van der Waals surface area contributed by atoms with Gasteiger partial charge in [-0.15, -0.1) is 0 Å². The molecule has 0 aromatic rings. The lowest BCUT2D eigenvalue weighted by molar-refractivity contribution is -0.870. The van der Waals surface area contributed by atoms with Crippen molar-refractivity contribution in [2.75, 3.05) is 54.1 Å². The van der Waals surface area contributed by atoms with Crippen LogP contribution in [0.4, 0.5) is 0 Å². The SMILES string of the molecule is CC/C=C\C/C=C\C/C=C\C/C=C\C/C=C\C/C=C\C/C=C\CCCCCC(=O)OC(COCCCCCCCCC/C=C\C/C=C\C/C=C\C/C=C\C/C=C\C/C=C\CC)COP(=O)(O)OCC[N+](C)(C)C. The molecule has 0 fully saturated rings. The Morgan fingerprint density at radius 1 is 0.425 bits per heavy atom. The van der Waals surface area contributed by atoms with Gasteiger partial charge in [-0.1, -0.05) is 210 Å². The Bertz CT molecular complexity index is 1720. The summed E-state index contributed by atoms with van der Waals surface area (Å²) >= 11 is 0. The molecule has 0 heterocycles. The highest BCUT2D eigenvalue weighted by Gasteiger charge is 2.26. The maximum Gasteiger partial charge on any atom is 0.472 e. The molecule has 0 aromatic carbocycles. The number of allylic oxidation sites excluding steroid dienone is 26. The lowest BCUT2D eigenvalue weighted by atomic mass is 10.1. The van der Waals surface area contributed by atoms with Crippen LogP contribution in [0.3, 0.4) is 0 Å². The maximum atomic E-state index is 12.8. The number of nitrogens with zero attached hydrogens (tertiary/aromatic N) is 1. The summed E-state index contributed by atoms with van der Waals surface area (Å²) in [6.45, 7) is 5.28. The van der Waals surface area contributed by atoms with Crippen LogP contribution >= 0.6 is 7.82 Å². The second-order valence-electron chi connectivity index (χ2n) is 19.2. The maximum absolute atomic E-state index is 12.8. The summed E-state index contributed by atoms with van der Waals surface area (Å²) in [5.41, 5.74) is 0. The molecule has 0 saturated carbocycles. The second kappa shape index (κ2) is 54.4. The molecule has 0 radical (unpaired) electrons. The van der Waals surface area contributed by atoms with E-state index in [0.29, 0.717) is 24.1 Å². The molecule has 9 heteroatoms. The number of phosphoric ester groups is 1. The molecule has 0 saturated heterocycles. The largest absolute Gasteiger partial charge is 0.472 e. The number of esters is 1. The van der Waals surface area contributed by atoms with E-state index in [2.05, 4.69) is 172 Å². The zero-order valence-corrected chi connectivity index (χ0v) is 47.7. The predicted molar refractivity (Wildman–Crippen MR) is 316 cm³/mol. The Morgan fingerprint density at radius 2 is 0.753 bits per heavy atom. The average molecular weight is 1030 g/mol. The first-order chi connectivity index (χ1) is 35.6. The van der Waals surface area contributed by atoms with Gasteiger partial charge in [0.05, 0.1) is 34.4 Å². The molecule has 1 N–H and O–H groups in total. The van der Waals surface area contributed by atoms with Gasteiger partial charge < -0.3 is 18.9 Å². The molecule has 0 aliphatic rings. The number of hydrogen-bond acceptors (Lipinski definition) is 6. The third-order valence-corrected chi connectivity index (χ3v) is 12.1. The molecule has 0 spiro atoms. The van der Waals surface area contributed by atoms with Crippen molar-refractivity contribution in [1.29, 1.82) is 0 Å². The van der Waals surface area contributed by atoms with E-state index in [-0.39, 0.29) is 32.2 Å². The standard InChI is InChI=1S/C64H104NO7P/c1-6-8-10-12-14-16-18-20-22-24-26-28-30-32-34-36-38-40-42-44-46-48-50-52-54-56-59-69-61-63(62-71-73(67,68)70-60-58-65(3,4)5)72-64(66)57-55-53-51-49-47-45-43-41-39-37-35-33-31-29-27-25-23-21-19-17-15-13-11-9-7-2/h8-11,14-17,20-23,26-29,32-35,38-41,45,47,63H,6-7,12-13,18-19,24-25,30-31,36-37,42-44,46,48-62H2,1-5H3/p+1/b10-8-,11-9-,16-14-,17-15-,22-20-,23-21-,28-26-,29-27-,34-32-,35-33-,40-38-,41-39-,47-45-. The Balaban J connectivity index is 4.26. The summed E-state index contributed by atoms with van der Waals surface area (Å²) in [5, 5.41) is 0. The van der Waals surface area contributed by atoms with Crippen molar-refractivity contribution >= 4 is 13.8 Å². The molecule has 2 atom stereocenters. The highest BCUT2D eigenvalue weighted by Crippen LogP contribution is 2.43. The van der Waals surface area contributed by atoms with Crippen molar-refractivity contribution in [3.8, 4) is 0 Å². The minimum atomic E-state index is -4.31. The van der Waals surface area contributed by atoms with Crippen LogP contribution in [0.1, 0.15) is 181 Å². The first kappa shape index (κ1) is 69.1. The van der Waals surface area contributed by atoms with Crippen molar-refractivity contribution in [3.63, 3.8) is 0 Å². The molecule has 0 bridgehead atoms. The van der Waals surface area contributed by atoms with Gasteiger partial charge in [-0.05, 0) is 122 Å². The van der Waals surface area contributed by atoms with E-state index in [1.165, 1.54) is 25.7 Å². The van der Waals surface area contributed by atoms with E-state index in [1.54, 1.807) is 0 Å². The number of hydrogen-bond donors (Lipinski definition) is 1. The molecule has 8 nitrogen and oxygen atoms in total. The molecular weight excluding hydrogens is 926 g/mol. The van der Waals surface area contributed by atoms with Gasteiger partial charge in [-0.3, -0.25) is 13.8 Å². The highest BCUT2D eigenvalue weighted by molar-refractivity contribution is 7.47. The van der Waals surface area contributed by atoms with Crippen LogP contribution in [0, 0.1) is 0 Å². The molecule has 0 aliphatic heterocycles. The Morgan fingerprint density at radius 3 is 1.12 bits per heavy atom. The first-order valence-electron chi connectivity index (χ1n) is 28.2. The minimum absolute atomic E-state index is 0.0689. The van der Waals surface area contributed by atoms with Gasteiger partial charge in [0.1, 0.15) is 19.3 Å². The van der Waals surface area contributed by atoms with E-state index < -0.39 is 13.9 Å². The van der Waals surface area contributed by atoms with Gasteiger partial charge in [0, 0.05) is 13.0 Å². The minimum Gasteiger partial charge on any atom is -0.457 e. The number of ether oxygens (including phenoxy) is 2. The number of carbonyl (C=O) groups excluding carboxylic acids is 1. The third-order valence-electron chi connectivity index (χ3n) is 11.1. The van der Waals surface area contributed by atoms with E-state index in [0.717, 1.165) is 128 Å². The molecule has 0 rings (SSSR count).